The van der Waals surface area contributed by atoms with Gasteiger partial charge in [-0.05, 0) is 16.5 Å². The summed E-state index contributed by atoms with van der Waals surface area (Å²) in [6.07, 6.45) is 2.97. The Balaban J connectivity index is 2.03. The number of carbonyl (C=O) groups is 1. The Bertz CT molecular complexity index is 1040. The molecule has 0 bridgehead atoms. The Hall–Kier alpha value is -3.45. The lowest BCUT2D eigenvalue weighted by Crippen LogP contribution is -2.22. The maximum absolute atomic E-state index is 13.7. The van der Waals surface area contributed by atoms with E-state index in [2.05, 4.69) is 10.3 Å². The first-order valence-electron chi connectivity index (χ1n) is 9.69. The Morgan fingerprint density at radius 1 is 1.10 bits per heavy atom. The highest BCUT2D eigenvalue weighted by atomic mass is 32.1. The zero-order chi connectivity index (χ0) is 22.2. The summed E-state index contributed by atoms with van der Waals surface area (Å²) in [6, 6.07) is 14.4. The van der Waals surface area contributed by atoms with Crippen LogP contribution in [0.4, 0.5) is 5.69 Å². The van der Waals surface area contributed by atoms with E-state index in [-0.39, 0.29) is 11.7 Å². The lowest BCUT2D eigenvalue weighted by Gasteiger charge is -2.21. The van der Waals surface area contributed by atoms with Crippen LogP contribution in [-0.2, 0) is 0 Å². The van der Waals surface area contributed by atoms with Crippen molar-refractivity contribution in [3.8, 4) is 11.5 Å². The van der Waals surface area contributed by atoms with Crippen molar-refractivity contribution in [3.05, 3.63) is 76.0 Å². The number of nitrogens with one attached hydrogen (secondary N) is 2. The van der Waals surface area contributed by atoms with Crippen molar-refractivity contribution in [2.75, 3.05) is 26.6 Å². The highest BCUT2D eigenvalue weighted by Gasteiger charge is 2.27. The number of rotatable bonds is 10. The van der Waals surface area contributed by atoms with Crippen molar-refractivity contribution in [1.29, 1.82) is 5.41 Å². The molecule has 2 N–H and O–H groups in total. The molecule has 2 unspecified atom stereocenters. The Morgan fingerprint density at radius 2 is 1.77 bits per heavy atom. The van der Waals surface area contributed by atoms with Gasteiger partial charge in [0, 0.05) is 54.3 Å². The van der Waals surface area contributed by atoms with E-state index in [9.17, 15) is 4.79 Å². The van der Waals surface area contributed by atoms with Crippen LogP contribution >= 0.6 is 11.3 Å². The molecule has 0 radical (unpaired) electrons. The summed E-state index contributed by atoms with van der Waals surface area (Å²) in [6.45, 7) is 0. The van der Waals surface area contributed by atoms with Gasteiger partial charge < -0.3 is 20.2 Å². The van der Waals surface area contributed by atoms with Gasteiger partial charge in [0.25, 0.3) is 0 Å². The molecule has 0 fully saturated rings. The van der Waals surface area contributed by atoms with Gasteiger partial charge in [-0.15, -0.1) is 0 Å². The first-order chi connectivity index (χ1) is 15.1. The largest absolute Gasteiger partial charge is 0.497 e. The fourth-order valence-electron chi connectivity index (χ4n) is 3.30. The number of ether oxygens (including phenoxy) is 2. The van der Waals surface area contributed by atoms with Crippen molar-refractivity contribution in [2.45, 2.75) is 12.0 Å². The molecule has 0 saturated carbocycles. The second-order valence-electron chi connectivity index (χ2n) is 6.79. The minimum Gasteiger partial charge on any atom is -0.497 e. The molecule has 2 atom stereocenters. The molecule has 3 aromatic rings. The van der Waals surface area contributed by atoms with Crippen LogP contribution in [0.3, 0.4) is 0 Å². The zero-order valence-corrected chi connectivity index (χ0v) is 18.5. The number of methoxy groups -OCH3 is 2. The predicted octanol–water partition coefficient (Wildman–Crippen LogP) is 5.24. The summed E-state index contributed by atoms with van der Waals surface area (Å²) in [5, 5.41) is 14.8. The number of carbonyl (C=O) groups excluding carboxylic acids is 1. The summed E-state index contributed by atoms with van der Waals surface area (Å²) in [5.41, 5.74) is 2.90. The van der Waals surface area contributed by atoms with Gasteiger partial charge in [0.2, 0.25) is 0 Å². The van der Waals surface area contributed by atoms with E-state index in [4.69, 9.17) is 14.9 Å². The number of hydrogen-bond donors (Lipinski definition) is 2. The van der Waals surface area contributed by atoms with Crippen LogP contribution in [0.2, 0.25) is 0 Å². The SMILES string of the molecule is CN=CC(C=N)c1cscc1C(=O)C(Nc1cc(OC)cc(OC)c1)c1ccccc1. The second kappa shape index (κ2) is 10.5. The Morgan fingerprint density at radius 3 is 2.35 bits per heavy atom. The quantitative estimate of drug-likeness (QED) is 0.337. The molecular formula is C24H25N3O3S. The molecule has 0 aliphatic heterocycles. The summed E-state index contributed by atoms with van der Waals surface area (Å²) >= 11 is 1.44. The normalized spacial score (nSPS) is 12.9. The van der Waals surface area contributed by atoms with E-state index in [1.807, 2.05) is 53.2 Å². The van der Waals surface area contributed by atoms with Crippen LogP contribution in [0.1, 0.15) is 33.4 Å². The fourth-order valence-corrected chi connectivity index (χ4v) is 4.18. The summed E-state index contributed by atoms with van der Waals surface area (Å²) in [5.74, 6) is 0.824. The molecule has 0 aliphatic carbocycles. The van der Waals surface area contributed by atoms with Gasteiger partial charge in [-0.2, -0.15) is 11.3 Å². The smallest absolute Gasteiger partial charge is 0.190 e. The number of aliphatic imine (C=N–C) groups is 1. The van der Waals surface area contributed by atoms with E-state index in [1.54, 1.807) is 33.5 Å². The van der Waals surface area contributed by atoms with Crippen molar-refractivity contribution >= 4 is 35.2 Å². The predicted molar refractivity (Wildman–Crippen MR) is 127 cm³/mol. The lowest BCUT2D eigenvalue weighted by atomic mass is 9.92. The van der Waals surface area contributed by atoms with Gasteiger partial charge in [0.05, 0.1) is 20.1 Å². The molecular weight excluding hydrogens is 410 g/mol. The summed E-state index contributed by atoms with van der Waals surface area (Å²) in [7, 11) is 4.83. The highest BCUT2D eigenvalue weighted by Crippen LogP contribution is 2.32. The molecule has 0 spiro atoms. The van der Waals surface area contributed by atoms with Crippen LogP contribution in [0, 0.1) is 5.41 Å². The van der Waals surface area contributed by atoms with E-state index < -0.39 is 6.04 Å². The maximum atomic E-state index is 13.7. The van der Waals surface area contributed by atoms with Gasteiger partial charge in [0.15, 0.2) is 5.78 Å². The van der Waals surface area contributed by atoms with Crippen molar-refractivity contribution in [1.82, 2.24) is 0 Å². The van der Waals surface area contributed by atoms with E-state index in [0.29, 0.717) is 22.7 Å². The maximum Gasteiger partial charge on any atom is 0.190 e. The van der Waals surface area contributed by atoms with Gasteiger partial charge >= 0.3 is 0 Å². The number of benzene rings is 2. The molecule has 0 saturated heterocycles. The molecule has 2 aromatic carbocycles. The molecule has 7 heteroatoms. The Kier molecular flexibility index (Phi) is 7.56. The topological polar surface area (TPSA) is 83.8 Å². The summed E-state index contributed by atoms with van der Waals surface area (Å²) in [4.78, 5) is 17.8. The molecule has 0 aliphatic rings. The molecule has 0 amide bonds. The van der Waals surface area contributed by atoms with Gasteiger partial charge in [-0.3, -0.25) is 9.79 Å². The number of hydrogen-bond acceptors (Lipinski definition) is 7. The van der Waals surface area contributed by atoms with Crippen LogP contribution in [0.15, 0.2) is 64.3 Å². The van der Waals surface area contributed by atoms with E-state index in [1.165, 1.54) is 17.6 Å². The van der Waals surface area contributed by atoms with Crippen molar-refractivity contribution < 1.29 is 14.3 Å². The van der Waals surface area contributed by atoms with Crippen LogP contribution in [0.25, 0.3) is 0 Å². The average molecular weight is 436 g/mol. The van der Waals surface area contributed by atoms with Crippen LogP contribution in [-0.4, -0.2) is 39.5 Å². The molecule has 1 heterocycles. The molecule has 6 nitrogen and oxygen atoms in total. The second-order valence-corrected chi connectivity index (χ2v) is 7.54. The number of ketones is 1. The number of anilines is 1. The first kappa shape index (κ1) is 22.2. The fraction of sp³-hybridized carbons (Fsp3) is 0.208. The van der Waals surface area contributed by atoms with Gasteiger partial charge in [0.1, 0.15) is 17.5 Å². The van der Waals surface area contributed by atoms with Crippen molar-refractivity contribution in [2.24, 2.45) is 4.99 Å². The third-order valence-corrected chi connectivity index (χ3v) is 5.63. The minimum atomic E-state index is -0.628. The highest BCUT2D eigenvalue weighted by molar-refractivity contribution is 7.08. The summed E-state index contributed by atoms with van der Waals surface area (Å²) < 4.78 is 10.7. The van der Waals surface area contributed by atoms with Gasteiger partial charge in [-0.1, -0.05) is 30.3 Å². The van der Waals surface area contributed by atoms with Crippen LogP contribution in [0.5, 0.6) is 11.5 Å². The Labute approximate surface area is 186 Å². The monoisotopic (exact) mass is 435 g/mol. The number of thiophene rings is 1. The lowest BCUT2D eigenvalue weighted by molar-refractivity contribution is 0.0969. The molecule has 3 rings (SSSR count). The minimum absolute atomic E-state index is 0.0828. The number of nitrogens with zero attached hydrogens (tertiary/aromatic N) is 1. The first-order valence-corrected chi connectivity index (χ1v) is 10.6. The third-order valence-electron chi connectivity index (χ3n) is 4.86. The number of Topliss-reactive ketones (excluding diaryl/α,β-unsaturated/α-hetero) is 1. The molecule has 31 heavy (non-hydrogen) atoms. The molecule has 1 aromatic heterocycles. The van der Waals surface area contributed by atoms with E-state index >= 15 is 0 Å². The van der Waals surface area contributed by atoms with Crippen molar-refractivity contribution in [3.63, 3.8) is 0 Å². The zero-order valence-electron chi connectivity index (χ0n) is 17.7. The van der Waals surface area contributed by atoms with Gasteiger partial charge in [-0.25, -0.2) is 0 Å². The van der Waals surface area contributed by atoms with Crippen LogP contribution < -0.4 is 14.8 Å². The third kappa shape index (κ3) is 5.19. The van der Waals surface area contributed by atoms with E-state index in [0.717, 1.165) is 11.1 Å². The molecule has 160 valence electrons. The average Bonchev–Trinajstić information content (AvgIpc) is 3.30. The standard InChI is InChI=1S/C24H25N3O3S/c1-26-13-17(12-25)21-14-31-15-22(21)24(28)23(16-7-5-4-6-8-16)27-18-9-19(29-2)11-20(10-18)30-3/h4-15,17,23,25,27H,1-3H3.